The van der Waals surface area contributed by atoms with Gasteiger partial charge in [-0.1, -0.05) is 42.0 Å². The highest BCUT2D eigenvalue weighted by molar-refractivity contribution is 7.80. The molecule has 0 spiro atoms. The number of ether oxygens (including phenoxy) is 1. The van der Waals surface area contributed by atoms with Crippen LogP contribution in [0.15, 0.2) is 24.3 Å². The molecule has 0 aliphatic heterocycles. The quantitative estimate of drug-likeness (QED) is 0.805. The summed E-state index contributed by atoms with van der Waals surface area (Å²) in [5, 5.41) is 0.756. The lowest BCUT2D eigenvalue weighted by Gasteiger charge is -2.14. The van der Waals surface area contributed by atoms with E-state index in [1.54, 1.807) is 0 Å². The Balaban J connectivity index is 1.80. The van der Waals surface area contributed by atoms with E-state index >= 15 is 0 Å². The maximum atomic E-state index is 6.05. The molecule has 0 saturated heterocycles. The number of nitrogens with two attached hydrogens (primary N) is 1. The Hall–Kier alpha value is -0.640. The van der Waals surface area contributed by atoms with Gasteiger partial charge in [0, 0.05) is 16.9 Å². The van der Waals surface area contributed by atoms with Gasteiger partial charge in [0.15, 0.2) is 0 Å². The fraction of sp³-hybridized carbons (Fsp3) is 0.462. The number of halogens is 1. The fourth-order valence-corrected chi connectivity index (χ4v) is 2.41. The Kier molecular flexibility index (Phi) is 4.02. The van der Waals surface area contributed by atoms with Gasteiger partial charge >= 0.3 is 0 Å². The molecular formula is C13H16ClNOS. The summed E-state index contributed by atoms with van der Waals surface area (Å²) in [4.78, 5) is 0.587. The van der Waals surface area contributed by atoms with Crippen LogP contribution in [0.3, 0.4) is 0 Å². The summed E-state index contributed by atoms with van der Waals surface area (Å²) in [5.74, 6) is 0. The van der Waals surface area contributed by atoms with E-state index in [1.807, 2.05) is 24.3 Å². The molecule has 1 aliphatic carbocycles. The molecule has 0 bridgehead atoms. The molecule has 1 fully saturated rings. The third kappa shape index (κ3) is 3.66. The molecular weight excluding hydrogens is 254 g/mol. The normalized spacial score (nSPS) is 16.8. The standard InChI is InChI=1S/C13H16ClNOS/c14-11-4-2-1-3-10(11)8-16-9-13(5-6-13)7-12(15)17/h1-4H,5-9H2,(H2,15,17). The Morgan fingerprint density at radius 3 is 2.71 bits per heavy atom. The second-order valence-electron chi connectivity index (χ2n) is 4.73. The summed E-state index contributed by atoms with van der Waals surface area (Å²) >= 11 is 11.0. The first-order valence-corrected chi connectivity index (χ1v) is 6.49. The molecule has 0 heterocycles. The molecule has 17 heavy (non-hydrogen) atoms. The number of hydrogen-bond donors (Lipinski definition) is 1. The molecule has 2 nitrogen and oxygen atoms in total. The van der Waals surface area contributed by atoms with Crippen molar-refractivity contribution in [3.8, 4) is 0 Å². The van der Waals surface area contributed by atoms with Gasteiger partial charge in [0.05, 0.1) is 18.2 Å². The predicted molar refractivity (Wildman–Crippen MR) is 74.2 cm³/mol. The molecule has 92 valence electrons. The average Bonchev–Trinajstić information content (AvgIpc) is 3.00. The van der Waals surface area contributed by atoms with Crippen molar-refractivity contribution in [1.29, 1.82) is 0 Å². The maximum absolute atomic E-state index is 6.05. The molecule has 0 radical (unpaired) electrons. The van der Waals surface area contributed by atoms with Crippen LogP contribution in [0.2, 0.25) is 5.02 Å². The van der Waals surface area contributed by atoms with Crippen molar-refractivity contribution in [2.75, 3.05) is 6.61 Å². The lowest BCUT2D eigenvalue weighted by molar-refractivity contribution is 0.0805. The van der Waals surface area contributed by atoms with Crippen LogP contribution >= 0.6 is 23.8 Å². The lowest BCUT2D eigenvalue weighted by atomic mass is 10.0. The molecule has 4 heteroatoms. The van der Waals surface area contributed by atoms with Crippen molar-refractivity contribution in [3.63, 3.8) is 0 Å². The summed E-state index contributed by atoms with van der Waals surface area (Å²) in [6.07, 6.45) is 3.12. The molecule has 0 aromatic heterocycles. The zero-order chi connectivity index (χ0) is 12.3. The monoisotopic (exact) mass is 269 g/mol. The van der Waals surface area contributed by atoms with E-state index in [0.717, 1.165) is 36.5 Å². The molecule has 2 N–H and O–H groups in total. The molecule has 1 saturated carbocycles. The fourth-order valence-electron chi connectivity index (χ4n) is 1.91. The van der Waals surface area contributed by atoms with Gasteiger partial charge in [0.25, 0.3) is 0 Å². The van der Waals surface area contributed by atoms with E-state index in [-0.39, 0.29) is 5.41 Å². The second kappa shape index (κ2) is 5.34. The lowest BCUT2D eigenvalue weighted by Crippen LogP contribution is -2.19. The topological polar surface area (TPSA) is 35.2 Å². The number of rotatable bonds is 6. The smallest absolute Gasteiger partial charge is 0.0733 e. The van der Waals surface area contributed by atoms with Crippen LogP contribution in [0.4, 0.5) is 0 Å². The van der Waals surface area contributed by atoms with Gasteiger partial charge in [-0.15, -0.1) is 0 Å². The summed E-state index contributed by atoms with van der Waals surface area (Å²) in [5.41, 5.74) is 6.82. The van der Waals surface area contributed by atoms with Crippen molar-refractivity contribution < 1.29 is 4.74 Å². The Morgan fingerprint density at radius 1 is 1.41 bits per heavy atom. The molecule has 1 aromatic rings. The van der Waals surface area contributed by atoms with Gasteiger partial charge in [0.2, 0.25) is 0 Å². The van der Waals surface area contributed by atoms with Crippen LogP contribution in [0.5, 0.6) is 0 Å². The van der Waals surface area contributed by atoms with Gasteiger partial charge in [-0.2, -0.15) is 0 Å². The van der Waals surface area contributed by atoms with Crippen LogP contribution in [0.1, 0.15) is 24.8 Å². The van der Waals surface area contributed by atoms with E-state index in [2.05, 4.69) is 0 Å². The zero-order valence-electron chi connectivity index (χ0n) is 9.62. The molecule has 0 atom stereocenters. The summed E-state index contributed by atoms with van der Waals surface area (Å²) < 4.78 is 5.73. The van der Waals surface area contributed by atoms with Gasteiger partial charge in [-0.3, -0.25) is 0 Å². The first-order valence-electron chi connectivity index (χ1n) is 5.71. The average molecular weight is 270 g/mol. The molecule has 0 amide bonds. The molecule has 0 unspecified atom stereocenters. The van der Waals surface area contributed by atoms with E-state index in [4.69, 9.17) is 34.3 Å². The van der Waals surface area contributed by atoms with Crippen molar-refractivity contribution in [1.82, 2.24) is 0 Å². The van der Waals surface area contributed by atoms with Crippen molar-refractivity contribution in [2.24, 2.45) is 11.1 Å². The number of benzene rings is 1. The summed E-state index contributed by atoms with van der Waals surface area (Å²) in [6, 6.07) is 7.74. The van der Waals surface area contributed by atoms with Gasteiger partial charge in [0.1, 0.15) is 0 Å². The Bertz CT molecular complexity index is 418. The van der Waals surface area contributed by atoms with Gasteiger partial charge in [-0.25, -0.2) is 0 Å². The highest BCUT2D eigenvalue weighted by Crippen LogP contribution is 2.49. The highest BCUT2D eigenvalue weighted by atomic mass is 35.5. The van der Waals surface area contributed by atoms with Crippen LogP contribution < -0.4 is 5.73 Å². The molecule has 1 aliphatic rings. The van der Waals surface area contributed by atoms with Gasteiger partial charge < -0.3 is 10.5 Å². The minimum Gasteiger partial charge on any atom is -0.393 e. The second-order valence-corrected chi connectivity index (χ2v) is 5.66. The molecule has 2 rings (SSSR count). The van der Waals surface area contributed by atoms with Crippen LogP contribution in [0.25, 0.3) is 0 Å². The maximum Gasteiger partial charge on any atom is 0.0733 e. The first kappa shape index (κ1) is 12.8. The number of hydrogen-bond acceptors (Lipinski definition) is 2. The third-order valence-electron chi connectivity index (χ3n) is 3.13. The highest BCUT2D eigenvalue weighted by Gasteiger charge is 2.43. The van der Waals surface area contributed by atoms with Crippen molar-refractivity contribution in [2.45, 2.75) is 25.9 Å². The predicted octanol–water partition coefficient (Wildman–Crippen LogP) is 3.31. The van der Waals surface area contributed by atoms with Crippen LogP contribution in [0, 0.1) is 5.41 Å². The Morgan fingerprint density at radius 2 is 2.12 bits per heavy atom. The van der Waals surface area contributed by atoms with E-state index in [1.165, 1.54) is 0 Å². The van der Waals surface area contributed by atoms with Crippen LogP contribution in [-0.2, 0) is 11.3 Å². The van der Waals surface area contributed by atoms with Crippen LogP contribution in [-0.4, -0.2) is 11.6 Å². The van der Waals surface area contributed by atoms with Crippen molar-refractivity contribution >= 4 is 28.8 Å². The minimum absolute atomic E-state index is 0.215. The van der Waals surface area contributed by atoms with Crippen molar-refractivity contribution in [3.05, 3.63) is 34.9 Å². The molecule has 1 aromatic carbocycles. The minimum atomic E-state index is 0.215. The third-order valence-corrected chi connectivity index (χ3v) is 3.64. The zero-order valence-corrected chi connectivity index (χ0v) is 11.2. The van der Waals surface area contributed by atoms with E-state index in [9.17, 15) is 0 Å². The SMILES string of the molecule is NC(=S)CC1(COCc2ccccc2Cl)CC1. The van der Waals surface area contributed by atoms with E-state index < -0.39 is 0 Å². The number of thiocarbonyl (C=S) groups is 1. The Labute approximate surface area is 112 Å². The first-order chi connectivity index (χ1) is 8.11. The van der Waals surface area contributed by atoms with E-state index in [0.29, 0.717) is 11.6 Å². The largest absolute Gasteiger partial charge is 0.393 e. The van der Waals surface area contributed by atoms with Gasteiger partial charge in [-0.05, 0) is 24.5 Å². The summed E-state index contributed by atoms with van der Waals surface area (Å²) in [7, 11) is 0. The summed E-state index contributed by atoms with van der Waals surface area (Å²) in [6.45, 7) is 1.27.